The Labute approximate surface area is 315 Å². The summed E-state index contributed by atoms with van der Waals surface area (Å²) in [4.78, 5) is 0. The van der Waals surface area contributed by atoms with E-state index >= 15 is 0 Å². The quantitative estimate of drug-likeness (QED) is 0.166. The molecule has 0 aliphatic rings. The van der Waals surface area contributed by atoms with Crippen LogP contribution in [0.25, 0.3) is 128 Å². The van der Waals surface area contributed by atoms with Crippen molar-refractivity contribution in [2.24, 2.45) is 0 Å². The van der Waals surface area contributed by atoms with Crippen LogP contribution in [0.2, 0.25) is 0 Å². The highest BCUT2D eigenvalue weighted by Gasteiger charge is 2.21. The summed E-state index contributed by atoms with van der Waals surface area (Å²) in [5.41, 5.74) is 8.46. The molecule has 0 amide bonds. The third kappa shape index (κ3) is 3.83. The van der Waals surface area contributed by atoms with Crippen molar-refractivity contribution in [1.82, 2.24) is 0 Å². The van der Waals surface area contributed by atoms with Gasteiger partial charge in [0.2, 0.25) is 0 Å². The van der Waals surface area contributed by atoms with Crippen molar-refractivity contribution in [3.8, 4) is 22.3 Å². The second-order valence-corrected chi connectivity index (χ2v) is 16.5. The van der Waals surface area contributed by atoms with E-state index in [9.17, 15) is 0 Å². The van der Waals surface area contributed by atoms with Gasteiger partial charge in [0.15, 0.2) is 0 Å². The van der Waals surface area contributed by atoms with Gasteiger partial charge in [-0.1, -0.05) is 97.1 Å². The van der Waals surface area contributed by atoms with Gasteiger partial charge < -0.3 is 8.83 Å². The van der Waals surface area contributed by atoms with Gasteiger partial charge in [-0.3, -0.25) is 0 Å². The number of hydrogen-bond acceptors (Lipinski definition) is 4. The topological polar surface area (TPSA) is 26.3 Å². The molecule has 0 unspecified atom stereocenters. The Bertz CT molecular complexity index is 3680. The van der Waals surface area contributed by atoms with Crippen molar-refractivity contribution in [3.05, 3.63) is 158 Å². The molecule has 0 fully saturated rings. The fraction of sp³-hybridized carbons (Fsp3) is 0. The van der Waals surface area contributed by atoms with E-state index in [0.29, 0.717) is 0 Å². The molecule has 0 aliphatic carbocycles. The Morgan fingerprint density at radius 2 is 0.722 bits per heavy atom. The molecule has 0 saturated carbocycles. The first-order valence-electron chi connectivity index (χ1n) is 18.2. The summed E-state index contributed by atoms with van der Waals surface area (Å²) in [6.07, 6.45) is 0. The highest BCUT2D eigenvalue weighted by molar-refractivity contribution is 7.26. The molecular weight excluding hydrogens is 697 g/mol. The van der Waals surface area contributed by atoms with Gasteiger partial charge in [0.1, 0.15) is 22.3 Å². The van der Waals surface area contributed by atoms with E-state index in [4.69, 9.17) is 8.83 Å². The lowest BCUT2D eigenvalue weighted by atomic mass is 9.85. The summed E-state index contributed by atoms with van der Waals surface area (Å²) in [6.45, 7) is 0. The lowest BCUT2D eigenvalue weighted by molar-refractivity contribution is 0.669. The molecule has 0 saturated heterocycles. The Morgan fingerprint density at radius 1 is 0.278 bits per heavy atom. The first kappa shape index (κ1) is 29.0. The molecule has 9 aromatic carbocycles. The van der Waals surface area contributed by atoms with Gasteiger partial charge in [0, 0.05) is 61.9 Å². The van der Waals surface area contributed by atoms with Crippen LogP contribution in [0.15, 0.2) is 167 Å². The zero-order valence-corrected chi connectivity index (χ0v) is 30.3. The minimum atomic E-state index is 0.909. The van der Waals surface area contributed by atoms with Crippen LogP contribution in [0.1, 0.15) is 0 Å². The summed E-state index contributed by atoms with van der Waals surface area (Å²) < 4.78 is 18.4. The molecule has 0 spiro atoms. The van der Waals surface area contributed by atoms with Gasteiger partial charge in [-0.05, 0) is 104 Å². The standard InChI is InChI=1S/C50H26O2S2/c1-3-11-31-29(9-1)45(27-18-20-37-36(25-27)48-39(51-37)22-24-44-50(48)35-14-6-8-16-42(35)54-44)30-10-2-4-12-32(30)46(31)28-17-19-33-40(26-28)52-38-21-23-43-49(47(33)38)34-13-5-7-15-41(34)53-43/h1-26H. The van der Waals surface area contributed by atoms with Crippen LogP contribution in [-0.2, 0) is 0 Å². The monoisotopic (exact) mass is 722 g/mol. The largest absolute Gasteiger partial charge is 0.456 e. The normalized spacial score (nSPS) is 12.4. The van der Waals surface area contributed by atoms with Crippen molar-refractivity contribution in [1.29, 1.82) is 0 Å². The second kappa shape index (κ2) is 10.6. The third-order valence-corrected chi connectivity index (χ3v) is 13.7. The zero-order valence-electron chi connectivity index (χ0n) is 28.6. The van der Waals surface area contributed by atoms with E-state index in [1.165, 1.54) is 89.4 Å². The summed E-state index contributed by atoms with van der Waals surface area (Å²) in [7, 11) is 0. The van der Waals surface area contributed by atoms with Crippen LogP contribution in [-0.4, -0.2) is 0 Å². The van der Waals surface area contributed by atoms with E-state index in [-0.39, 0.29) is 0 Å². The van der Waals surface area contributed by atoms with Crippen molar-refractivity contribution in [3.63, 3.8) is 0 Å². The molecule has 0 bridgehead atoms. The molecule has 0 aliphatic heterocycles. The summed E-state index contributed by atoms with van der Waals surface area (Å²) in [6, 6.07) is 57.4. The van der Waals surface area contributed by atoms with Crippen LogP contribution in [0.4, 0.5) is 0 Å². The van der Waals surface area contributed by atoms with E-state index in [2.05, 4.69) is 158 Å². The Kier molecular flexibility index (Phi) is 5.69. The number of rotatable bonds is 2. The van der Waals surface area contributed by atoms with Gasteiger partial charge in [0.25, 0.3) is 0 Å². The minimum Gasteiger partial charge on any atom is -0.456 e. The molecule has 2 nitrogen and oxygen atoms in total. The molecule has 250 valence electrons. The Morgan fingerprint density at radius 3 is 1.30 bits per heavy atom. The van der Waals surface area contributed by atoms with Crippen LogP contribution >= 0.6 is 22.7 Å². The molecule has 0 N–H and O–H groups in total. The maximum atomic E-state index is 6.67. The lowest BCUT2D eigenvalue weighted by Crippen LogP contribution is -1.90. The van der Waals surface area contributed by atoms with E-state index in [0.717, 1.165) is 38.7 Å². The predicted octanol–water partition coefficient (Wildman–Crippen LogP) is 15.9. The zero-order chi connectivity index (χ0) is 35.1. The van der Waals surface area contributed by atoms with Crippen molar-refractivity contribution in [2.45, 2.75) is 0 Å². The molecular formula is C50H26O2S2. The second-order valence-electron chi connectivity index (χ2n) is 14.3. The Hall–Kier alpha value is -6.46. The predicted molar refractivity (Wildman–Crippen MR) is 233 cm³/mol. The van der Waals surface area contributed by atoms with Crippen LogP contribution in [0, 0.1) is 0 Å². The minimum absolute atomic E-state index is 0.909. The van der Waals surface area contributed by atoms with Crippen molar-refractivity contribution in [2.75, 3.05) is 0 Å². The van der Waals surface area contributed by atoms with Crippen LogP contribution in [0.5, 0.6) is 0 Å². The smallest absolute Gasteiger partial charge is 0.136 e. The lowest BCUT2D eigenvalue weighted by Gasteiger charge is -2.17. The number of hydrogen-bond donors (Lipinski definition) is 0. The summed E-state index contributed by atoms with van der Waals surface area (Å²) in [5, 5.41) is 14.7. The summed E-state index contributed by atoms with van der Waals surface area (Å²) >= 11 is 3.69. The average molecular weight is 723 g/mol. The van der Waals surface area contributed by atoms with Gasteiger partial charge in [0.05, 0.1) is 0 Å². The summed E-state index contributed by atoms with van der Waals surface area (Å²) in [5.74, 6) is 0. The van der Waals surface area contributed by atoms with E-state index < -0.39 is 0 Å². The number of thiophene rings is 2. The van der Waals surface area contributed by atoms with E-state index in [1.54, 1.807) is 0 Å². The fourth-order valence-corrected chi connectivity index (χ4v) is 11.5. The van der Waals surface area contributed by atoms with Gasteiger partial charge in [-0.15, -0.1) is 22.7 Å². The number of fused-ring (bicyclic) bond motifs is 16. The first-order chi connectivity index (χ1) is 26.8. The molecule has 4 heterocycles. The van der Waals surface area contributed by atoms with Gasteiger partial charge in [-0.25, -0.2) is 0 Å². The maximum Gasteiger partial charge on any atom is 0.136 e. The van der Waals surface area contributed by atoms with E-state index in [1.807, 2.05) is 22.7 Å². The van der Waals surface area contributed by atoms with Crippen molar-refractivity contribution >= 4 is 128 Å². The highest BCUT2D eigenvalue weighted by atomic mass is 32.1. The highest BCUT2D eigenvalue weighted by Crippen LogP contribution is 2.48. The fourth-order valence-electron chi connectivity index (χ4n) is 9.23. The molecule has 4 aromatic heterocycles. The van der Waals surface area contributed by atoms with Crippen LogP contribution in [0.3, 0.4) is 0 Å². The molecule has 13 aromatic rings. The number of furan rings is 2. The van der Waals surface area contributed by atoms with Crippen LogP contribution < -0.4 is 0 Å². The van der Waals surface area contributed by atoms with Gasteiger partial charge >= 0.3 is 0 Å². The molecule has 4 heteroatoms. The third-order valence-electron chi connectivity index (χ3n) is 11.5. The molecule has 0 atom stereocenters. The molecule has 0 radical (unpaired) electrons. The molecule has 54 heavy (non-hydrogen) atoms. The molecule has 13 rings (SSSR count). The number of benzene rings is 9. The van der Waals surface area contributed by atoms with Gasteiger partial charge in [-0.2, -0.15) is 0 Å². The average Bonchev–Trinajstić information content (AvgIpc) is 3.98. The maximum absolute atomic E-state index is 6.67. The Balaban J connectivity index is 1.07. The van der Waals surface area contributed by atoms with Crippen molar-refractivity contribution < 1.29 is 8.83 Å². The SMILES string of the molecule is c1ccc2c(c1)sc1ccc3oc4cc(-c5c6ccccc6c(-c6ccc7oc8ccc9sc%10ccccc%10c9c8c7c6)c6ccccc56)ccc4c3c12. The first-order valence-corrected chi connectivity index (χ1v) is 19.9.